The van der Waals surface area contributed by atoms with Gasteiger partial charge >= 0.3 is 0 Å². The van der Waals surface area contributed by atoms with E-state index in [9.17, 15) is 8.42 Å². The van der Waals surface area contributed by atoms with Crippen molar-refractivity contribution in [2.45, 2.75) is 30.2 Å². The van der Waals surface area contributed by atoms with Gasteiger partial charge < -0.3 is 10.6 Å². The first-order chi connectivity index (χ1) is 9.39. The zero-order valence-electron chi connectivity index (χ0n) is 12.5. The molecule has 5 nitrogen and oxygen atoms in total. The highest BCUT2D eigenvalue weighted by molar-refractivity contribution is 8.00. The van der Waals surface area contributed by atoms with Crippen LogP contribution in [-0.2, 0) is 9.84 Å². The highest BCUT2D eigenvalue weighted by atomic mass is 32.2. The Balaban J connectivity index is 2.27. The number of hydrogen-bond acceptors (Lipinski definition) is 6. The van der Waals surface area contributed by atoms with Crippen molar-refractivity contribution in [1.29, 1.82) is 0 Å². The number of nitrogens with two attached hydrogens (primary N) is 1. The summed E-state index contributed by atoms with van der Waals surface area (Å²) in [5.74, 6) is 1.68. The van der Waals surface area contributed by atoms with Crippen molar-refractivity contribution in [3.63, 3.8) is 0 Å². The zero-order valence-corrected chi connectivity index (χ0v) is 14.2. The number of thioether (sulfide) groups is 1. The van der Waals surface area contributed by atoms with E-state index in [1.54, 1.807) is 11.8 Å². The van der Waals surface area contributed by atoms with Crippen LogP contribution in [-0.4, -0.2) is 80.1 Å². The van der Waals surface area contributed by atoms with Crippen molar-refractivity contribution >= 4 is 21.6 Å². The normalized spacial score (nSPS) is 34.9. The van der Waals surface area contributed by atoms with Crippen LogP contribution in [0.25, 0.3) is 0 Å². The van der Waals surface area contributed by atoms with Crippen LogP contribution in [0.3, 0.4) is 0 Å². The minimum absolute atomic E-state index is 0.139. The van der Waals surface area contributed by atoms with Crippen LogP contribution in [0, 0.1) is 0 Å². The van der Waals surface area contributed by atoms with Crippen LogP contribution in [0.1, 0.15) is 19.3 Å². The Kier molecular flexibility index (Phi) is 5.40. The Bertz CT molecular complexity index is 429. The third kappa shape index (κ3) is 3.50. The SMILES string of the molecule is CN1CCCC(CN)(N2CCSCC2S(C)(=O)=O)CC1. The third-order valence-corrected chi connectivity index (χ3v) is 7.35. The molecule has 2 saturated heterocycles. The number of rotatable bonds is 3. The lowest BCUT2D eigenvalue weighted by atomic mass is 9.88. The van der Waals surface area contributed by atoms with Crippen molar-refractivity contribution < 1.29 is 8.42 Å². The third-order valence-electron chi connectivity index (χ3n) is 4.71. The lowest BCUT2D eigenvalue weighted by molar-refractivity contribution is 0.0746. The smallest absolute Gasteiger partial charge is 0.164 e. The predicted octanol–water partition coefficient (Wildman–Crippen LogP) is 0.219. The highest BCUT2D eigenvalue weighted by Crippen LogP contribution is 2.34. The molecule has 0 spiro atoms. The van der Waals surface area contributed by atoms with Crippen molar-refractivity contribution in [3.05, 3.63) is 0 Å². The topological polar surface area (TPSA) is 66.6 Å². The number of hydrogen-bond donors (Lipinski definition) is 1. The molecule has 2 N–H and O–H groups in total. The number of sulfone groups is 1. The summed E-state index contributed by atoms with van der Waals surface area (Å²) >= 11 is 1.74. The molecule has 2 aliphatic heterocycles. The molecule has 2 rings (SSSR count). The first kappa shape index (κ1) is 16.5. The minimum atomic E-state index is -3.06. The molecular formula is C13H27N3O2S2. The van der Waals surface area contributed by atoms with Gasteiger partial charge in [-0.05, 0) is 39.4 Å². The molecule has 0 saturated carbocycles. The standard InChI is InChI=1S/C13H27N3O2S2/c1-15-6-3-4-13(11-14,5-7-15)16-8-9-19-10-12(16)20(2,17)18/h12H,3-11,14H2,1-2H3. The molecule has 20 heavy (non-hydrogen) atoms. The van der Waals surface area contributed by atoms with Crippen LogP contribution >= 0.6 is 11.8 Å². The van der Waals surface area contributed by atoms with Gasteiger partial charge in [0.1, 0.15) is 5.37 Å². The fourth-order valence-corrected chi connectivity index (χ4v) is 6.34. The second kappa shape index (κ2) is 6.52. The molecule has 0 aromatic rings. The van der Waals surface area contributed by atoms with E-state index < -0.39 is 9.84 Å². The average Bonchev–Trinajstić information content (AvgIpc) is 2.60. The van der Waals surface area contributed by atoms with E-state index in [-0.39, 0.29) is 10.9 Å². The fourth-order valence-electron chi connectivity index (χ4n) is 3.40. The maximum Gasteiger partial charge on any atom is 0.164 e. The van der Waals surface area contributed by atoms with Gasteiger partial charge in [-0.1, -0.05) is 0 Å². The maximum absolute atomic E-state index is 12.1. The summed E-state index contributed by atoms with van der Waals surface area (Å²) in [5, 5.41) is -0.367. The second-order valence-corrected chi connectivity index (χ2v) is 9.49. The van der Waals surface area contributed by atoms with E-state index in [0.29, 0.717) is 12.3 Å². The van der Waals surface area contributed by atoms with Gasteiger partial charge in [0.2, 0.25) is 0 Å². The zero-order chi connectivity index (χ0) is 14.8. The quantitative estimate of drug-likeness (QED) is 0.802. The summed E-state index contributed by atoms with van der Waals surface area (Å²) in [6.45, 7) is 3.46. The number of likely N-dealkylation sites (tertiary alicyclic amines) is 1. The molecule has 2 heterocycles. The molecule has 0 radical (unpaired) electrons. The molecule has 0 amide bonds. The lowest BCUT2D eigenvalue weighted by Gasteiger charge is -2.48. The first-order valence-electron chi connectivity index (χ1n) is 7.31. The van der Waals surface area contributed by atoms with E-state index in [2.05, 4.69) is 16.8 Å². The van der Waals surface area contributed by atoms with Gasteiger partial charge in [0.15, 0.2) is 9.84 Å². The van der Waals surface area contributed by atoms with E-state index in [4.69, 9.17) is 5.73 Å². The second-order valence-electron chi connectivity index (χ2n) is 6.14. The summed E-state index contributed by atoms with van der Waals surface area (Å²) < 4.78 is 24.3. The van der Waals surface area contributed by atoms with Crippen molar-refractivity contribution in [3.8, 4) is 0 Å². The summed E-state index contributed by atoms with van der Waals surface area (Å²) in [6, 6.07) is 0. The lowest BCUT2D eigenvalue weighted by Crippen LogP contribution is -2.62. The summed E-state index contributed by atoms with van der Waals surface area (Å²) in [6.07, 6.45) is 4.43. The van der Waals surface area contributed by atoms with E-state index >= 15 is 0 Å². The molecule has 2 atom stereocenters. The molecular weight excluding hydrogens is 294 g/mol. The van der Waals surface area contributed by atoms with Gasteiger partial charge in [0.25, 0.3) is 0 Å². The molecule has 2 fully saturated rings. The maximum atomic E-state index is 12.1. The Morgan fingerprint density at radius 1 is 1.30 bits per heavy atom. The average molecular weight is 322 g/mol. The molecule has 0 aromatic heterocycles. The number of nitrogens with zero attached hydrogens (tertiary/aromatic N) is 2. The molecule has 0 bridgehead atoms. The van der Waals surface area contributed by atoms with Crippen molar-refractivity contribution in [2.75, 3.05) is 51.0 Å². The van der Waals surface area contributed by atoms with Gasteiger partial charge in [-0.3, -0.25) is 4.90 Å². The summed E-state index contributed by atoms with van der Waals surface area (Å²) in [7, 11) is -0.930. The van der Waals surface area contributed by atoms with Crippen molar-refractivity contribution in [1.82, 2.24) is 9.80 Å². The van der Waals surface area contributed by atoms with Crippen LogP contribution in [0.5, 0.6) is 0 Å². The van der Waals surface area contributed by atoms with E-state index in [1.807, 2.05) is 0 Å². The van der Waals surface area contributed by atoms with Gasteiger partial charge in [0.05, 0.1) is 0 Å². The summed E-state index contributed by atoms with van der Waals surface area (Å²) in [4.78, 5) is 4.55. The molecule has 118 valence electrons. The van der Waals surface area contributed by atoms with Crippen LogP contribution < -0.4 is 5.73 Å². The molecule has 2 aliphatic rings. The molecule has 0 aromatic carbocycles. The van der Waals surface area contributed by atoms with Crippen LogP contribution in [0.15, 0.2) is 0 Å². The summed E-state index contributed by atoms with van der Waals surface area (Å²) in [5.41, 5.74) is 5.99. The van der Waals surface area contributed by atoms with Crippen molar-refractivity contribution in [2.24, 2.45) is 5.73 Å². The van der Waals surface area contributed by atoms with Gasteiger partial charge in [-0.15, -0.1) is 0 Å². The highest BCUT2D eigenvalue weighted by Gasteiger charge is 2.44. The Labute approximate surface area is 127 Å². The molecule has 0 aliphatic carbocycles. The fraction of sp³-hybridized carbons (Fsp3) is 1.00. The van der Waals surface area contributed by atoms with Gasteiger partial charge in [-0.2, -0.15) is 11.8 Å². The van der Waals surface area contributed by atoms with E-state index in [1.165, 1.54) is 6.26 Å². The van der Waals surface area contributed by atoms with Crippen LogP contribution in [0.4, 0.5) is 0 Å². The first-order valence-corrected chi connectivity index (χ1v) is 10.4. The molecule has 7 heteroatoms. The van der Waals surface area contributed by atoms with Gasteiger partial charge in [-0.25, -0.2) is 8.42 Å². The van der Waals surface area contributed by atoms with E-state index in [0.717, 1.165) is 44.6 Å². The monoisotopic (exact) mass is 321 g/mol. The van der Waals surface area contributed by atoms with Gasteiger partial charge in [0, 0.05) is 36.4 Å². The minimum Gasteiger partial charge on any atom is -0.329 e. The molecule has 2 unspecified atom stereocenters. The Morgan fingerprint density at radius 2 is 2.05 bits per heavy atom. The van der Waals surface area contributed by atoms with Crippen LogP contribution in [0.2, 0.25) is 0 Å². The Hall–Kier alpha value is 0.180. The predicted molar refractivity (Wildman–Crippen MR) is 85.8 cm³/mol. The Morgan fingerprint density at radius 3 is 2.70 bits per heavy atom. The largest absolute Gasteiger partial charge is 0.329 e.